The molecule has 2 aliphatic heterocycles. The van der Waals surface area contributed by atoms with Crippen LogP contribution in [0.15, 0.2) is 0 Å². The van der Waals surface area contributed by atoms with E-state index in [0.29, 0.717) is 19.0 Å². The number of piperidine rings is 1. The molecule has 2 heterocycles. The topological polar surface area (TPSA) is 78.9 Å². The summed E-state index contributed by atoms with van der Waals surface area (Å²) in [4.78, 5) is 25.0. The third-order valence-electron chi connectivity index (χ3n) is 3.93. The Morgan fingerprint density at radius 3 is 2.45 bits per heavy atom. The Bertz CT molecular complexity index is 391. The van der Waals surface area contributed by atoms with Crippen molar-refractivity contribution in [2.24, 2.45) is 0 Å². The summed E-state index contributed by atoms with van der Waals surface area (Å²) in [5.74, 6) is -0.759. The van der Waals surface area contributed by atoms with Crippen molar-refractivity contribution in [1.29, 1.82) is 0 Å². The van der Waals surface area contributed by atoms with Gasteiger partial charge in [-0.05, 0) is 46.5 Å². The summed E-state index contributed by atoms with van der Waals surface area (Å²) in [6.45, 7) is 6.07. The lowest BCUT2D eigenvalue weighted by Gasteiger charge is -2.37. The average molecular weight is 284 g/mol. The van der Waals surface area contributed by atoms with E-state index in [1.807, 2.05) is 25.7 Å². The van der Waals surface area contributed by atoms with Gasteiger partial charge in [0.2, 0.25) is 0 Å². The van der Waals surface area contributed by atoms with Crippen LogP contribution in [0.4, 0.5) is 4.79 Å². The molecule has 20 heavy (non-hydrogen) atoms. The van der Waals surface area contributed by atoms with Crippen LogP contribution in [0.1, 0.15) is 46.5 Å². The van der Waals surface area contributed by atoms with Crippen LogP contribution in [0.25, 0.3) is 0 Å². The summed E-state index contributed by atoms with van der Waals surface area (Å²) in [5.41, 5.74) is -0.515. The highest BCUT2D eigenvalue weighted by Gasteiger charge is 2.41. The summed E-state index contributed by atoms with van der Waals surface area (Å²) in [6, 6.07) is -0.0722. The highest BCUT2D eigenvalue weighted by Crippen LogP contribution is 2.31. The number of carbonyl (C=O) groups is 2. The summed E-state index contributed by atoms with van der Waals surface area (Å²) in [6.07, 6.45) is 3.04. The molecule has 0 aromatic carbocycles. The van der Waals surface area contributed by atoms with Gasteiger partial charge in [-0.25, -0.2) is 4.79 Å². The zero-order valence-electron chi connectivity index (χ0n) is 12.4. The largest absolute Gasteiger partial charge is 0.480 e. The highest BCUT2D eigenvalue weighted by atomic mass is 16.6. The number of hydrogen-bond acceptors (Lipinski definition) is 4. The van der Waals surface area contributed by atoms with Gasteiger partial charge >= 0.3 is 12.1 Å². The van der Waals surface area contributed by atoms with Gasteiger partial charge in [0.25, 0.3) is 0 Å². The minimum Gasteiger partial charge on any atom is -0.480 e. The third kappa shape index (κ3) is 3.62. The number of nitrogens with zero attached hydrogens (tertiary/aromatic N) is 1. The number of rotatable bonds is 2. The molecule has 0 aromatic heterocycles. The molecule has 0 bridgehead atoms. The summed E-state index contributed by atoms with van der Waals surface area (Å²) in [7, 11) is 0. The van der Waals surface area contributed by atoms with Crippen molar-refractivity contribution >= 4 is 12.1 Å². The molecule has 6 heteroatoms. The number of hydrogen-bond donors (Lipinski definition) is 2. The maximum absolute atomic E-state index is 11.8. The van der Waals surface area contributed by atoms with Gasteiger partial charge in [0.05, 0.1) is 0 Å². The van der Waals surface area contributed by atoms with Crippen molar-refractivity contribution in [3.05, 3.63) is 0 Å². The lowest BCUT2D eigenvalue weighted by molar-refractivity contribution is -0.143. The first kappa shape index (κ1) is 15.1. The van der Waals surface area contributed by atoms with E-state index in [9.17, 15) is 14.7 Å². The Labute approximate surface area is 119 Å². The van der Waals surface area contributed by atoms with Crippen LogP contribution in [-0.4, -0.2) is 52.3 Å². The third-order valence-corrected chi connectivity index (χ3v) is 3.93. The SMILES string of the molecule is CC(C)(C)OC(=O)N[C@H]1CC[C@@H]2CC[C@H](C(=O)O)N2C1. The lowest BCUT2D eigenvalue weighted by atomic mass is 9.99. The summed E-state index contributed by atoms with van der Waals surface area (Å²) >= 11 is 0. The molecule has 2 fully saturated rings. The average Bonchev–Trinajstić information content (AvgIpc) is 2.69. The van der Waals surface area contributed by atoms with Gasteiger partial charge in [0.15, 0.2) is 0 Å². The fourth-order valence-corrected chi connectivity index (χ4v) is 3.12. The number of carboxylic acid groups (broad SMARTS) is 1. The molecule has 0 aromatic rings. The molecule has 0 radical (unpaired) electrons. The van der Waals surface area contributed by atoms with Gasteiger partial charge in [-0.1, -0.05) is 0 Å². The van der Waals surface area contributed by atoms with Crippen molar-refractivity contribution in [2.45, 2.75) is 70.2 Å². The Kier molecular flexibility index (Phi) is 4.22. The van der Waals surface area contributed by atoms with Gasteiger partial charge < -0.3 is 15.2 Å². The summed E-state index contributed by atoms with van der Waals surface area (Å²) in [5, 5.41) is 12.1. The Morgan fingerprint density at radius 1 is 1.20 bits per heavy atom. The van der Waals surface area contributed by atoms with E-state index in [-0.39, 0.29) is 6.04 Å². The molecule has 2 saturated heterocycles. The fraction of sp³-hybridized carbons (Fsp3) is 0.857. The predicted molar refractivity (Wildman–Crippen MR) is 73.5 cm³/mol. The minimum atomic E-state index is -0.759. The minimum absolute atomic E-state index is 0.0268. The molecule has 3 atom stereocenters. The maximum atomic E-state index is 11.8. The fourth-order valence-electron chi connectivity index (χ4n) is 3.12. The first-order valence-corrected chi connectivity index (χ1v) is 7.24. The predicted octanol–water partition coefficient (Wildman–Crippen LogP) is 1.59. The molecular formula is C14H24N2O4. The molecule has 6 nitrogen and oxygen atoms in total. The van der Waals surface area contributed by atoms with Crippen molar-refractivity contribution in [3.63, 3.8) is 0 Å². The second-order valence-corrected chi connectivity index (χ2v) is 6.70. The second kappa shape index (κ2) is 5.60. The molecule has 0 saturated carbocycles. The van der Waals surface area contributed by atoms with Crippen molar-refractivity contribution in [2.75, 3.05) is 6.54 Å². The quantitative estimate of drug-likeness (QED) is 0.805. The normalized spacial score (nSPS) is 30.6. The van der Waals surface area contributed by atoms with Gasteiger partial charge in [0.1, 0.15) is 11.6 Å². The Hall–Kier alpha value is -1.30. The van der Waals surface area contributed by atoms with Crippen LogP contribution < -0.4 is 5.32 Å². The van der Waals surface area contributed by atoms with Crippen LogP contribution in [0, 0.1) is 0 Å². The second-order valence-electron chi connectivity index (χ2n) is 6.70. The number of alkyl carbamates (subject to hydrolysis) is 1. The summed E-state index contributed by atoms with van der Waals surface area (Å²) < 4.78 is 5.24. The molecule has 2 aliphatic rings. The number of aliphatic carboxylic acids is 1. The number of carbonyl (C=O) groups excluding carboxylic acids is 1. The highest BCUT2D eigenvalue weighted by molar-refractivity contribution is 5.74. The van der Waals surface area contributed by atoms with Gasteiger partial charge in [-0.2, -0.15) is 0 Å². The zero-order valence-corrected chi connectivity index (χ0v) is 12.4. The number of nitrogens with one attached hydrogen (secondary N) is 1. The molecule has 0 unspecified atom stereocenters. The number of amides is 1. The van der Waals surface area contributed by atoms with Crippen molar-refractivity contribution in [3.8, 4) is 0 Å². The van der Waals surface area contributed by atoms with E-state index in [4.69, 9.17) is 4.74 Å². The van der Waals surface area contributed by atoms with Gasteiger partial charge in [-0.3, -0.25) is 9.69 Å². The van der Waals surface area contributed by atoms with E-state index in [0.717, 1.165) is 19.3 Å². The molecule has 0 spiro atoms. The number of fused-ring (bicyclic) bond motifs is 1. The molecule has 0 aliphatic carbocycles. The standard InChI is InChI=1S/C14H24N2O4/c1-14(2,3)20-13(19)15-9-4-5-10-6-7-11(12(17)18)16(10)8-9/h9-11H,4-8H2,1-3H3,(H,15,19)(H,17,18)/t9-,10+,11+/m0/s1. The number of ether oxygens (including phenoxy) is 1. The lowest BCUT2D eigenvalue weighted by Crippen LogP contribution is -2.53. The van der Waals surface area contributed by atoms with Crippen LogP contribution in [0.2, 0.25) is 0 Å². The Morgan fingerprint density at radius 2 is 1.85 bits per heavy atom. The first-order chi connectivity index (χ1) is 9.26. The molecular weight excluding hydrogens is 260 g/mol. The zero-order chi connectivity index (χ0) is 14.9. The van der Waals surface area contributed by atoms with Gasteiger partial charge in [0, 0.05) is 18.6 Å². The molecule has 114 valence electrons. The van der Waals surface area contributed by atoms with E-state index < -0.39 is 23.7 Å². The monoisotopic (exact) mass is 284 g/mol. The first-order valence-electron chi connectivity index (χ1n) is 7.24. The smallest absolute Gasteiger partial charge is 0.407 e. The van der Waals surface area contributed by atoms with E-state index in [1.54, 1.807) is 0 Å². The van der Waals surface area contributed by atoms with Crippen LogP contribution in [0.3, 0.4) is 0 Å². The van der Waals surface area contributed by atoms with E-state index >= 15 is 0 Å². The molecule has 2 N–H and O–H groups in total. The maximum Gasteiger partial charge on any atom is 0.407 e. The van der Waals surface area contributed by atoms with Crippen LogP contribution >= 0.6 is 0 Å². The van der Waals surface area contributed by atoms with Crippen LogP contribution in [-0.2, 0) is 9.53 Å². The van der Waals surface area contributed by atoms with Gasteiger partial charge in [-0.15, -0.1) is 0 Å². The Balaban J connectivity index is 1.89. The van der Waals surface area contributed by atoms with Crippen molar-refractivity contribution < 1.29 is 19.4 Å². The van der Waals surface area contributed by atoms with E-state index in [2.05, 4.69) is 5.32 Å². The number of carboxylic acids is 1. The molecule has 1 amide bonds. The van der Waals surface area contributed by atoms with E-state index in [1.165, 1.54) is 0 Å². The molecule has 2 rings (SSSR count). The van der Waals surface area contributed by atoms with Crippen molar-refractivity contribution in [1.82, 2.24) is 10.2 Å². The van der Waals surface area contributed by atoms with Crippen LogP contribution in [0.5, 0.6) is 0 Å².